The maximum atomic E-state index is 2.61. The van der Waals surface area contributed by atoms with Crippen molar-refractivity contribution in [2.75, 3.05) is 0 Å². The normalized spacial score (nSPS) is 19.5. The summed E-state index contributed by atoms with van der Waals surface area (Å²) in [5.41, 5.74) is 8.08. The average molecular weight is 433 g/mol. The number of benzene rings is 2. The molecule has 1 aliphatic carbocycles. The second kappa shape index (κ2) is 10.6. The lowest BCUT2D eigenvalue weighted by Gasteiger charge is -2.39. The Bertz CT molecular complexity index is 868. The zero-order valence-corrected chi connectivity index (χ0v) is 22.1. The molecule has 0 saturated carbocycles. The van der Waals surface area contributed by atoms with Crippen molar-refractivity contribution in [1.29, 1.82) is 0 Å². The SMILES string of the molecule is CCCCC(CC)CC1(CC(CC)CCC)c2ccccc2-c2ccc(C(C)(C)C)cc21. The summed E-state index contributed by atoms with van der Waals surface area (Å²) in [6, 6.07) is 16.8. The molecular weight excluding hydrogens is 384 g/mol. The predicted octanol–water partition coefficient (Wildman–Crippen LogP) is 10.1. The molecule has 0 nitrogen and oxygen atoms in total. The first kappa shape index (κ1) is 25.1. The molecule has 0 N–H and O–H groups in total. The summed E-state index contributed by atoms with van der Waals surface area (Å²) >= 11 is 0. The molecule has 0 aliphatic heterocycles. The first-order chi connectivity index (χ1) is 15.3. The van der Waals surface area contributed by atoms with Gasteiger partial charge < -0.3 is 0 Å². The highest BCUT2D eigenvalue weighted by Gasteiger charge is 2.45. The lowest BCUT2D eigenvalue weighted by Crippen LogP contribution is -2.32. The van der Waals surface area contributed by atoms with Gasteiger partial charge in [-0.15, -0.1) is 0 Å². The number of hydrogen-bond donors (Lipinski definition) is 0. The zero-order valence-electron chi connectivity index (χ0n) is 22.1. The monoisotopic (exact) mass is 432 g/mol. The molecule has 176 valence electrons. The van der Waals surface area contributed by atoms with E-state index in [0.29, 0.717) is 0 Å². The lowest BCUT2D eigenvalue weighted by molar-refractivity contribution is 0.267. The zero-order chi connectivity index (χ0) is 23.4. The van der Waals surface area contributed by atoms with Crippen LogP contribution >= 0.6 is 0 Å². The summed E-state index contributed by atoms with van der Waals surface area (Å²) in [6.45, 7) is 16.6. The number of hydrogen-bond acceptors (Lipinski definition) is 0. The molecule has 2 aromatic rings. The van der Waals surface area contributed by atoms with E-state index in [1.54, 1.807) is 11.1 Å². The first-order valence-electron chi connectivity index (χ1n) is 13.6. The fourth-order valence-electron chi connectivity index (χ4n) is 6.23. The number of unbranched alkanes of at least 4 members (excludes halogenated alkanes) is 1. The fraction of sp³-hybridized carbons (Fsp3) is 0.625. The Morgan fingerprint density at radius 3 is 1.94 bits per heavy atom. The summed E-state index contributed by atoms with van der Waals surface area (Å²) in [6.07, 6.45) is 11.9. The van der Waals surface area contributed by atoms with Gasteiger partial charge in [-0.1, -0.05) is 136 Å². The van der Waals surface area contributed by atoms with E-state index in [2.05, 4.69) is 90.9 Å². The van der Waals surface area contributed by atoms with Gasteiger partial charge in [-0.2, -0.15) is 0 Å². The summed E-state index contributed by atoms with van der Waals surface area (Å²) in [5.74, 6) is 1.59. The third-order valence-electron chi connectivity index (χ3n) is 8.23. The van der Waals surface area contributed by atoms with Crippen molar-refractivity contribution in [3.8, 4) is 11.1 Å². The highest BCUT2D eigenvalue weighted by Crippen LogP contribution is 2.56. The highest BCUT2D eigenvalue weighted by atomic mass is 14.5. The number of fused-ring (bicyclic) bond motifs is 3. The third-order valence-corrected chi connectivity index (χ3v) is 8.23. The molecule has 0 saturated heterocycles. The van der Waals surface area contributed by atoms with Crippen molar-refractivity contribution in [2.24, 2.45) is 11.8 Å². The molecule has 3 unspecified atom stereocenters. The van der Waals surface area contributed by atoms with Gasteiger partial charge >= 0.3 is 0 Å². The topological polar surface area (TPSA) is 0 Å². The Morgan fingerprint density at radius 2 is 1.34 bits per heavy atom. The van der Waals surface area contributed by atoms with Crippen molar-refractivity contribution < 1.29 is 0 Å². The van der Waals surface area contributed by atoms with Crippen LogP contribution in [0.2, 0.25) is 0 Å². The van der Waals surface area contributed by atoms with Gasteiger partial charge in [0.05, 0.1) is 0 Å². The van der Waals surface area contributed by atoms with Gasteiger partial charge in [0.25, 0.3) is 0 Å². The molecule has 0 fully saturated rings. The summed E-state index contributed by atoms with van der Waals surface area (Å²) in [5, 5.41) is 0. The molecule has 3 rings (SSSR count). The summed E-state index contributed by atoms with van der Waals surface area (Å²) in [7, 11) is 0. The van der Waals surface area contributed by atoms with Crippen molar-refractivity contribution in [1.82, 2.24) is 0 Å². The Kier molecular flexibility index (Phi) is 8.29. The molecule has 1 aliphatic rings. The predicted molar refractivity (Wildman–Crippen MR) is 143 cm³/mol. The molecule has 0 heterocycles. The smallest absolute Gasteiger partial charge is 0.0220 e. The van der Waals surface area contributed by atoms with Crippen molar-refractivity contribution in [3.63, 3.8) is 0 Å². The summed E-state index contributed by atoms with van der Waals surface area (Å²) in [4.78, 5) is 0. The Balaban J connectivity index is 2.21. The van der Waals surface area contributed by atoms with E-state index >= 15 is 0 Å². The van der Waals surface area contributed by atoms with E-state index < -0.39 is 0 Å². The van der Waals surface area contributed by atoms with Crippen LogP contribution in [0.5, 0.6) is 0 Å². The molecule has 3 atom stereocenters. The van der Waals surface area contributed by atoms with Crippen LogP contribution in [0.3, 0.4) is 0 Å². The minimum absolute atomic E-state index is 0.164. The maximum absolute atomic E-state index is 2.61. The van der Waals surface area contributed by atoms with Crippen LogP contribution in [0.25, 0.3) is 11.1 Å². The van der Waals surface area contributed by atoms with Crippen LogP contribution in [-0.2, 0) is 10.8 Å². The van der Waals surface area contributed by atoms with E-state index in [9.17, 15) is 0 Å². The van der Waals surface area contributed by atoms with Crippen molar-refractivity contribution in [2.45, 2.75) is 117 Å². The second-order valence-electron chi connectivity index (χ2n) is 11.5. The van der Waals surface area contributed by atoms with E-state index in [1.807, 2.05) is 0 Å². The van der Waals surface area contributed by atoms with Gasteiger partial charge in [0.2, 0.25) is 0 Å². The highest BCUT2D eigenvalue weighted by molar-refractivity contribution is 5.81. The Labute approximate surface area is 199 Å². The Morgan fingerprint density at radius 1 is 0.719 bits per heavy atom. The number of rotatable bonds is 11. The van der Waals surface area contributed by atoms with Crippen LogP contribution in [0.1, 0.15) is 123 Å². The van der Waals surface area contributed by atoms with Crippen LogP contribution in [0.4, 0.5) is 0 Å². The van der Waals surface area contributed by atoms with Gasteiger partial charge in [0, 0.05) is 5.41 Å². The van der Waals surface area contributed by atoms with E-state index in [-0.39, 0.29) is 10.8 Å². The first-order valence-corrected chi connectivity index (χ1v) is 13.6. The molecule has 0 bridgehead atoms. The van der Waals surface area contributed by atoms with Crippen LogP contribution < -0.4 is 0 Å². The van der Waals surface area contributed by atoms with Gasteiger partial charge in [-0.3, -0.25) is 0 Å². The second-order valence-corrected chi connectivity index (χ2v) is 11.5. The molecule has 32 heavy (non-hydrogen) atoms. The fourth-order valence-corrected chi connectivity index (χ4v) is 6.23. The van der Waals surface area contributed by atoms with Gasteiger partial charge in [-0.25, -0.2) is 0 Å². The molecule has 0 spiro atoms. The van der Waals surface area contributed by atoms with Gasteiger partial charge in [-0.05, 0) is 57.9 Å². The maximum Gasteiger partial charge on any atom is 0.0220 e. The van der Waals surface area contributed by atoms with Gasteiger partial charge in [0.15, 0.2) is 0 Å². The van der Waals surface area contributed by atoms with Crippen LogP contribution in [-0.4, -0.2) is 0 Å². The van der Waals surface area contributed by atoms with Crippen LogP contribution in [0.15, 0.2) is 42.5 Å². The molecular formula is C32H48. The standard InChI is InChI=1S/C32H48/c1-8-12-16-25(11-4)23-32(22-24(10-3)15-9-2)29-18-14-13-17-27(29)28-20-19-26(21-30(28)32)31(5,6)7/h13-14,17-21,24-25H,8-12,15-16,22-23H2,1-7H3. The third kappa shape index (κ3) is 5.00. The minimum atomic E-state index is 0.164. The molecule has 0 aromatic heterocycles. The van der Waals surface area contributed by atoms with Gasteiger partial charge in [0.1, 0.15) is 0 Å². The van der Waals surface area contributed by atoms with Crippen molar-refractivity contribution in [3.05, 3.63) is 59.2 Å². The molecule has 0 heteroatoms. The molecule has 2 aromatic carbocycles. The molecule has 0 radical (unpaired) electrons. The van der Waals surface area contributed by atoms with E-state index in [1.165, 1.54) is 74.5 Å². The van der Waals surface area contributed by atoms with Crippen LogP contribution in [0, 0.1) is 11.8 Å². The quantitative estimate of drug-likeness (QED) is 0.331. The summed E-state index contributed by atoms with van der Waals surface area (Å²) < 4.78 is 0. The lowest BCUT2D eigenvalue weighted by atomic mass is 9.64. The largest absolute Gasteiger partial charge is 0.0654 e. The minimum Gasteiger partial charge on any atom is -0.0654 e. The van der Waals surface area contributed by atoms with Crippen molar-refractivity contribution >= 4 is 0 Å². The van der Waals surface area contributed by atoms with E-state index in [0.717, 1.165) is 11.8 Å². The average Bonchev–Trinajstić information content (AvgIpc) is 3.05. The molecule has 0 amide bonds. The van der Waals surface area contributed by atoms with E-state index in [4.69, 9.17) is 0 Å². The Hall–Kier alpha value is -1.56.